The van der Waals surface area contributed by atoms with E-state index in [4.69, 9.17) is 5.73 Å². The number of aryl methyl sites for hydroxylation is 1. The summed E-state index contributed by atoms with van der Waals surface area (Å²) in [5, 5.41) is 0. The highest BCUT2D eigenvalue weighted by molar-refractivity contribution is 5.90. The minimum atomic E-state index is -0.132. The smallest absolute Gasteiger partial charge is 0.121 e. The van der Waals surface area contributed by atoms with Crippen molar-refractivity contribution >= 4 is 5.84 Å². The predicted octanol–water partition coefficient (Wildman–Crippen LogP) is 2.20. The molecule has 0 saturated heterocycles. The lowest BCUT2D eigenvalue weighted by Gasteiger charge is -2.24. The van der Waals surface area contributed by atoms with Gasteiger partial charge in [0.25, 0.3) is 0 Å². The van der Waals surface area contributed by atoms with Gasteiger partial charge in [-0.2, -0.15) is 0 Å². The lowest BCUT2D eigenvalue weighted by Crippen LogP contribution is -2.36. The van der Waals surface area contributed by atoms with Crippen LogP contribution in [0.5, 0.6) is 0 Å². The van der Waals surface area contributed by atoms with Crippen LogP contribution < -0.4 is 5.73 Å². The molecule has 1 aliphatic rings. The molecule has 0 aromatic heterocycles. The van der Waals surface area contributed by atoms with Crippen LogP contribution in [0.4, 0.5) is 0 Å². The fraction of sp³-hybridized carbons (Fsp3) is 0.400. The van der Waals surface area contributed by atoms with E-state index in [1.807, 2.05) is 6.08 Å². The molecular formula is C15H21N3. The van der Waals surface area contributed by atoms with Crippen molar-refractivity contribution in [3.63, 3.8) is 0 Å². The van der Waals surface area contributed by atoms with Crippen molar-refractivity contribution in [1.29, 1.82) is 0 Å². The van der Waals surface area contributed by atoms with E-state index >= 15 is 0 Å². The first-order chi connectivity index (χ1) is 8.65. The third-order valence-electron chi connectivity index (χ3n) is 3.58. The minimum absolute atomic E-state index is 0.132. The average Bonchev–Trinajstić information content (AvgIpc) is 2.80. The standard InChI is InChI=1S/C15H21N3/c1-4-9-18-10-8-17-15(18)14(16)13-7-5-6-11(2)12(13)3/h4-7,14H,1,8-10,16H2,2-3H3. The SMILES string of the molecule is C=CCN1CCN=C1C(N)c1cccc(C)c1C. The Labute approximate surface area is 109 Å². The van der Waals surface area contributed by atoms with Gasteiger partial charge in [-0.05, 0) is 30.5 Å². The van der Waals surface area contributed by atoms with Crippen molar-refractivity contribution in [3.8, 4) is 0 Å². The van der Waals surface area contributed by atoms with Gasteiger partial charge >= 0.3 is 0 Å². The average molecular weight is 243 g/mol. The first kappa shape index (κ1) is 12.8. The zero-order valence-electron chi connectivity index (χ0n) is 11.2. The topological polar surface area (TPSA) is 41.6 Å². The summed E-state index contributed by atoms with van der Waals surface area (Å²) in [6.07, 6.45) is 1.90. The molecule has 2 N–H and O–H groups in total. The molecule has 1 aromatic rings. The third-order valence-corrected chi connectivity index (χ3v) is 3.58. The second-order valence-electron chi connectivity index (χ2n) is 4.74. The first-order valence-electron chi connectivity index (χ1n) is 6.37. The Balaban J connectivity index is 2.28. The van der Waals surface area contributed by atoms with E-state index in [1.165, 1.54) is 16.7 Å². The molecule has 0 amide bonds. The second kappa shape index (κ2) is 5.36. The van der Waals surface area contributed by atoms with Gasteiger partial charge in [0, 0.05) is 13.1 Å². The summed E-state index contributed by atoms with van der Waals surface area (Å²) in [6.45, 7) is 10.6. The lowest BCUT2D eigenvalue weighted by molar-refractivity contribution is 0.491. The van der Waals surface area contributed by atoms with E-state index in [0.29, 0.717) is 0 Å². The summed E-state index contributed by atoms with van der Waals surface area (Å²) in [7, 11) is 0. The summed E-state index contributed by atoms with van der Waals surface area (Å²) in [4.78, 5) is 6.76. The number of amidine groups is 1. The van der Waals surface area contributed by atoms with E-state index in [9.17, 15) is 0 Å². The number of hydrogen-bond donors (Lipinski definition) is 1. The van der Waals surface area contributed by atoms with E-state index in [-0.39, 0.29) is 6.04 Å². The van der Waals surface area contributed by atoms with Crippen molar-refractivity contribution < 1.29 is 0 Å². The molecule has 18 heavy (non-hydrogen) atoms. The number of hydrogen-bond acceptors (Lipinski definition) is 3. The van der Waals surface area contributed by atoms with E-state index in [0.717, 1.165) is 25.5 Å². The molecule has 1 aliphatic heterocycles. The molecule has 0 saturated carbocycles. The van der Waals surface area contributed by atoms with Crippen LogP contribution in [0.15, 0.2) is 35.8 Å². The van der Waals surface area contributed by atoms with Gasteiger partial charge in [-0.1, -0.05) is 24.3 Å². The zero-order valence-corrected chi connectivity index (χ0v) is 11.2. The van der Waals surface area contributed by atoms with E-state index in [1.54, 1.807) is 0 Å². The van der Waals surface area contributed by atoms with Gasteiger partial charge in [-0.25, -0.2) is 0 Å². The van der Waals surface area contributed by atoms with Crippen LogP contribution in [0.25, 0.3) is 0 Å². The quantitative estimate of drug-likeness (QED) is 0.824. The second-order valence-corrected chi connectivity index (χ2v) is 4.74. The number of nitrogens with zero attached hydrogens (tertiary/aromatic N) is 2. The van der Waals surface area contributed by atoms with Gasteiger partial charge in [-0.15, -0.1) is 6.58 Å². The Morgan fingerprint density at radius 3 is 3.00 bits per heavy atom. The number of nitrogens with two attached hydrogens (primary N) is 1. The van der Waals surface area contributed by atoms with Gasteiger partial charge in [-0.3, -0.25) is 4.99 Å². The van der Waals surface area contributed by atoms with Crippen molar-refractivity contribution in [2.24, 2.45) is 10.7 Å². The first-order valence-corrected chi connectivity index (χ1v) is 6.37. The minimum Gasteiger partial charge on any atom is -0.353 e. The summed E-state index contributed by atoms with van der Waals surface area (Å²) >= 11 is 0. The van der Waals surface area contributed by atoms with Crippen molar-refractivity contribution in [2.45, 2.75) is 19.9 Å². The maximum Gasteiger partial charge on any atom is 0.121 e. The normalized spacial score (nSPS) is 16.6. The third kappa shape index (κ3) is 2.31. The van der Waals surface area contributed by atoms with Gasteiger partial charge in [0.15, 0.2) is 0 Å². The number of benzene rings is 1. The summed E-state index contributed by atoms with van der Waals surface area (Å²) in [5.41, 5.74) is 10.1. The Bertz CT molecular complexity index is 477. The van der Waals surface area contributed by atoms with Crippen LogP contribution in [0, 0.1) is 13.8 Å². The molecule has 1 heterocycles. The molecule has 96 valence electrons. The van der Waals surface area contributed by atoms with Crippen LogP contribution >= 0.6 is 0 Å². The molecule has 1 aromatic carbocycles. The van der Waals surface area contributed by atoms with Gasteiger partial charge < -0.3 is 10.6 Å². The highest BCUT2D eigenvalue weighted by atomic mass is 15.2. The molecule has 1 atom stereocenters. The molecular weight excluding hydrogens is 222 g/mol. The van der Waals surface area contributed by atoms with Crippen LogP contribution in [0.1, 0.15) is 22.7 Å². The van der Waals surface area contributed by atoms with Crippen molar-refractivity contribution in [1.82, 2.24) is 4.90 Å². The lowest BCUT2D eigenvalue weighted by atomic mass is 9.97. The predicted molar refractivity (Wildman–Crippen MR) is 76.9 cm³/mol. The fourth-order valence-corrected chi connectivity index (χ4v) is 2.39. The van der Waals surface area contributed by atoms with Gasteiger partial charge in [0.2, 0.25) is 0 Å². The molecule has 0 spiro atoms. The maximum absolute atomic E-state index is 6.38. The van der Waals surface area contributed by atoms with Gasteiger partial charge in [0.05, 0.1) is 12.6 Å². The van der Waals surface area contributed by atoms with Gasteiger partial charge in [0.1, 0.15) is 5.84 Å². The molecule has 1 unspecified atom stereocenters. The molecule has 3 heteroatoms. The van der Waals surface area contributed by atoms with Crippen LogP contribution in [0.2, 0.25) is 0 Å². The molecule has 0 bridgehead atoms. The Kier molecular flexibility index (Phi) is 3.82. The Hall–Kier alpha value is -1.61. The number of aliphatic imine (C=N–C) groups is 1. The molecule has 0 radical (unpaired) electrons. The van der Waals surface area contributed by atoms with E-state index in [2.05, 4.69) is 48.5 Å². The maximum atomic E-state index is 6.38. The summed E-state index contributed by atoms with van der Waals surface area (Å²) in [6, 6.07) is 6.14. The summed E-state index contributed by atoms with van der Waals surface area (Å²) in [5.74, 6) is 0.989. The van der Waals surface area contributed by atoms with E-state index < -0.39 is 0 Å². The molecule has 0 aliphatic carbocycles. The summed E-state index contributed by atoms with van der Waals surface area (Å²) < 4.78 is 0. The zero-order chi connectivity index (χ0) is 13.1. The Morgan fingerprint density at radius 2 is 2.28 bits per heavy atom. The molecule has 0 fully saturated rings. The van der Waals surface area contributed by atoms with Crippen LogP contribution in [-0.4, -0.2) is 30.4 Å². The largest absolute Gasteiger partial charge is 0.353 e. The van der Waals surface area contributed by atoms with Crippen molar-refractivity contribution in [2.75, 3.05) is 19.6 Å². The fourth-order valence-electron chi connectivity index (χ4n) is 2.39. The van der Waals surface area contributed by atoms with Crippen LogP contribution in [-0.2, 0) is 0 Å². The monoisotopic (exact) mass is 243 g/mol. The van der Waals surface area contributed by atoms with Crippen LogP contribution in [0.3, 0.4) is 0 Å². The van der Waals surface area contributed by atoms with Crippen molar-refractivity contribution in [3.05, 3.63) is 47.5 Å². The molecule has 3 nitrogen and oxygen atoms in total. The highest BCUT2D eigenvalue weighted by Crippen LogP contribution is 2.22. The highest BCUT2D eigenvalue weighted by Gasteiger charge is 2.24. The Morgan fingerprint density at radius 1 is 1.50 bits per heavy atom. The number of rotatable bonds is 4. The molecule has 2 rings (SSSR count).